The third-order valence-electron chi connectivity index (χ3n) is 2.48. The average molecular weight is 302 g/mol. The van der Waals surface area contributed by atoms with Crippen LogP contribution in [0, 0.1) is 6.92 Å². The van der Waals surface area contributed by atoms with Crippen LogP contribution in [0.15, 0.2) is 36.4 Å². The second-order valence-corrected chi connectivity index (χ2v) is 5.03. The van der Waals surface area contributed by atoms with Gasteiger partial charge >= 0.3 is 0 Å². The first-order valence-corrected chi connectivity index (χ1v) is 6.67. The van der Waals surface area contributed by atoms with Gasteiger partial charge in [-0.1, -0.05) is 35.3 Å². The van der Waals surface area contributed by atoms with Gasteiger partial charge in [-0.3, -0.25) is 0 Å². The number of hydrogen-bond donors (Lipinski definition) is 0. The molecule has 0 aromatic heterocycles. The third-order valence-corrected chi connectivity index (χ3v) is 3.30. The number of ether oxygens (including phenoxy) is 1. The maximum absolute atomic E-state index is 6.12. The van der Waals surface area contributed by atoms with Crippen molar-refractivity contribution in [1.29, 1.82) is 0 Å². The molecule has 2 aromatic rings. The van der Waals surface area contributed by atoms with Crippen LogP contribution in [-0.4, -0.2) is 0 Å². The molecule has 0 aliphatic rings. The number of halogens is 3. The normalized spacial score (nSPS) is 10.4. The van der Waals surface area contributed by atoms with Gasteiger partial charge in [0.25, 0.3) is 0 Å². The molecule has 1 nitrogen and oxygen atoms in total. The summed E-state index contributed by atoms with van der Waals surface area (Å²) in [5.41, 5.74) is 1.95. The van der Waals surface area contributed by atoms with E-state index < -0.39 is 0 Å². The van der Waals surface area contributed by atoms with E-state index in [2.05, 4.69) is 0 Å². The SMILES string of the molecule is Cc1ccc(Oc2cc(Cl)ccc2CCl)c(Cl)c1. The molecule has 0 bridgehead atoms. The Hall–Kier alpha value is -0.890. The van der Waals surface area contributed by atoms with Crippen molar-refractivity contribution in [3.8, 4) is 11.5 Å². The maximum Gasteiger partial charge on any atom is 0.146 e. The molecule has 0 aliphatic carbocycles. The summed E-state index contributed by atoms with van der Waals surface area (Å²) in [5.74, 6) is 1.58. The van der Waals surface area contributed by atoms with Crippen LogP contribution < -0.4 is 4.74 Å². The molecule has 0 amide bonds. The Morgan fingerprint density at radius 2 is 1.78 bits per heavy atom. The van der Waals surface area contributed by atoms with Gasteiger partial charge in [0.15, 0.2) is 0 Å². The quantitative estimate of drug-likeness (QED) is 0.648. The van der Waals surface area contributed by atoms with Crippen molar-refractivity contribution in [1.82, 2.24) is 0 Å². The van der Waals surface area contributed by atoms with Crippen molar-refractivity contribution < 1.29 is 4.74 Å². The van der Waals surface area contributed by atoms with Crippen LogP contribution in [0.5, 0.6) is 11.5 Å². The van der Waals surface area contributed by atoms with Gasteiger partial charge in [-0.2, -0.15) is 0 Å². The van der Waals surface area contributed by atoms with E-state index in [9.17, 15) is 0 Å². The molecule has 0 unspecified atom stereocenters. The summed E-state index contributed by atoms with van der Waals surface area (Å²) in [7, 11) is 0. The van der Waals surface area contributed by atoms with Crippen molar-refractivity contribution in [2.24, 2.45) is 0 Å². The Labute approximate surface area is 121 Å². The summed E-state index contributed by atoms with van der Waals surface area (Å²) in [5, 5.41) is 1.16. The fraction of sp³-hybridized carbons (Fsp3) is 0.143. The first kappa shape index (κ1) is 13.5. The van der Waals surface area contributed by atoms with Crippen molar-refractivity contribution in [3.05, 3.63) is 57.6 Å². The maximum atomic E-state index is 6.12. The highest BCUT2D eigenvalue weighted by molar-refractivity contribution is 6.32. The molecule has 0 atom stereocenters. The van der Waals surface area contributed by atoms with Crippen LogP contribution in [0.4, 0.5) is 0 Å². The van der Waals surface area contributed by atoms with E-state index in [4.69, 9.17) is 39.5 Å². The predicted molar refractivity (Wildman–Crippen MR) is 77.3 cm³/mol. The van der Waals surface area contributed by atoms with Gasteiger partial charge in [0.05, 0.1) is 10.9 Å². The standard InChI is InChI=1S/C14H11Cl3O/c1-9-2-5-13(12(17)6-9)18-14-7-11(16)4-3-10(14)8-15/h2-7H,8H2,1H3. The topological polar surface area (TPSA) is 9.23 Å². The van der Waals surface area contributed by atoms with E-state index in [0.29, 0.717) is 27.4 Å². The summed E-state index contributed by atoms with van der Waals surface area (Å²) in [6.45, 7) is 1.97. The lowest BCUT2D eigenvalue weighted by Gasteiger charge is -2.11. The molecule has 2 aromatic carbocycles. The smallest absolute Gasteiger partial charge is 0.146 e. The zero-order valence-electron chi connectivity index (χ0n) is 9.71. The Morgan fingerprint density at radius 3 is 2.44 bits per heavy atom. The summed E-state index contributed by atoms with van der Waals surface area (Å²) < 4.78 is 5.77. The summed E-state index contributed by atoms with van der Waals surface area (Å²) in [6.07, 6.45) is 0. The van der Waals surface area contributed by atoms with E-state index >= 15 is 0 Å². The van der Waals surface area contributed by atoms with Gasteiger partial charge in [0.2, 0.25) is 0 Å². The second-order valence-electron chi connectivity index (χ2n) is 3.92. The minimum atomic E-state index is 0.357. The van der Waals surface area contributed by atoms with Crippen LogP contribution in [-0.2, 0) is 5.88 Å². The molecule has 94 valence electrons. The minimum Gasteiger partial charge on any atom is -0.455 e. The van der Waals surface area contributed by atoms with Gasteiger partial charge in [-0.05, 0) is 36.8 Å². The van der Waals surface area contributed by atoms with Crippen LogP contribution in [0.2, 0.25) is 10.0 Å². The number of benzene rings is 2. The Morgan fingerprint density at radius 1 is 1.00 bits per heavy atom. The molecule has 0 saturated heterocycles. The Balaban J connectivity index is 2.36. The molecule has 0 radical (unpaired) electrons. The largest absolute Gasteiger partial charge is 0.455 e. The minimum absolute atomic E-state index is 0.357. The first-order valence-electron chi connectivity index (χ1n) is 5.38. The molecular weight excluding hydrogens is 291 g/mol. The third kappa shape index (κ3) is 3.11. The number of rotatable bonds is 3. The van der Waals surface area contributed by atoms with Gasteiger partial charge in [-0.15, -0.1) is 11.6 Å². The zero-order chi connectivity index (χ0) is 13.1. The van der Waals surface area contributed by atoms with Crippen LogP contribution in [0.25, 0.3) is 0 Å². The number of aryl methyl sites for hydroxylation is 1. The molecule has 0 aliphatic heterocycles. The van der Waals surface area contributed by atoms with E-state index in [1.807, 2.05) is 31.2 Å². The molecule has 0 N–H and O–H groups in total. The number of alkyl halides is 1. The summed E-state index contributed by atoms with van der Waals surface area (Å²) >= 11 is 17.9. The molecule has 0 spiro atoms. The fourth-order valence-electron chi connectivity index (χ4n) is 1.54. The Bertz CT molecular complexity index is 567. The van der Waals surface area contributed by atoms with Crippen LogP contribution >= 0.6 is 34.8 Å². The van der Waals surface area contributed by atoms with E-state index in [-0.39, 0.29) is 0 Å². The van der Waals surface area contributed by atoms with Crippen molar-refractivity contribution >= 4 is 34.8 Å². The number of hydrogen-bond acceptors (Lipinski definition) is 1. The molecule has 4 heteroatoms. The van der Waals surface area contributed by atoms with E-state index in [1.54, 1.807) is 12.1 Å². The lowest BCUT2D eigenvalue weighted by Crippen LogP contribution is -1.90. The molecule has 0 fully saturated rings. The van der Waals surface area contributed by atoms with Gasteiger partial charge in [0.1, 0.15) is 11.5 Å². The van der Waals surface area contributed by atoms with Crippen molar-refractivity contribution in [3.63, 3.8) is 0 Å². The van der Waals surface area contributed by atoms with Crippen molar-refractivity contribution in [2.45, 2.75) is 12.8 Å². The van der Waals surface area contributed by atoms with Gasteiger partial charge in [-0.25, -0.2) is 0 Å². The van der Waals surface area contributed by atoms with E-state index in [0.717, 1.165) is 11.1 Å². The van der Waals surface area contributed by atoms with Crippen LogP contribution in [0.1, 0.15) is 11.1 Å². The lowest BCUT2D eigenvalue weighted by molar-refractivity contribution is 0.478. The molecular formula is C14H11Cl3O. The second kappa shape index (κ2) is 5.83. The lowest BCUT2D eigenvalue weighted by atomic mass is 10.2. The first-order chi connectivity index (χ1) is 8.60. The highest BCUT2D eigenvalue weighted by atomic mass is 35.5. The highest BCUT2D eigenvalue weighted by Crippen LogP contribution is 2.33. The van der Waals surface area contributed by atoms with E-state index in [1.165, 1.54) is 0 Å². The zero-order valence-corrected chi connectivity index (χ0v) is 12.0. The fourth-order valence-corrected chi connectivity index (χ4v) is 2.20. The molecule has 18 heavy (non-hydrogen) atoms. The molecule has 0 heterocycles. The van der Waals surface area contributed by atoms with Gasteiger partial charge < -0.3 is 4.74 Å². The van der Waals surface area contributed by atoms with Gasteiger partial charge in [0, 0.05) is 10.6 Å². The molecule has 0 saturated carbocycles. The summed E-state index contributed by atoms with van der Waals surface area (Å²) in [4.78, 5) is 0. The van der Waals surface area contributed by atoms with Crippen LogP contribution in [0.3, 0.4) is 0 Å². The molecule has 2 rings (SSSR count). The monoisotopic (exact) mass is 300 g/mol. The summed E-state index contributed by atoms with van der Waals surface area (Å²) in [6, 6.07) is 11.0. The van der Waals surface area contributed by atoms with Crippen molar-refractivity contribution in [2.75, 3.05) is 0 Å². The highest BCUT2D eigenvalue weighted by Gasteiger charge is 2.08. The Kier molecular flexibility index (Phi) is 4.39. The average Bonchev–Trinajstić information content (AvgIpc) is 2.33. The predicted octanol–water partition coefficient (Wildman–Crippen LogP) is 5.83.